The van der Waals surface area contributed by atoms with Gasteiger partial charge in [0.25, 0.3) is 5.91 Å². The molecule has 2 aromatic carbocycles. The minimum atomic E-state index is -0.426. The molecule has 3 amide bonds. The second-order valence-electron chi connectivity index (χ2n) is 7.43. The van der Waals surface area contributed by atoms with Gasteiger partial charge in [0, 0.05) is 55.1 Å². The summed E-state index contributed by atoms with van der Waals surface area (Å²) in [5.41, 5.74) is 2.16. The average molecular weight is 420 g/mol. The fraction of sp³-hybridized carbons (Fsp3) is 0.261. The van der Waals surface area contributed by atoms with Crippen molar-refractivity contribution in [3.05, 3.63) is 60.3 Å². The van der Waals surface area contributed by atoms with Crippen LogP contribution >= 0.6 is 0 Å². The zero-order valence-corrected chi connectivity index (χ0v) is 17.2. The Labute approximate surface area is 179 Å². The summed E-state index contributed by atoms with van der Waals surface area (Å²) in [7, 11) is 1.57. The van der Waals surface area contributed by atoms with E-state index in [2.05, 4.69) is 15.6 Å². The molecule has 1 aromatic heterocycles. The fourth-order valence-corrected chi connectivity index (χ4v) is 3.71. The Hall–Kier alpha value is -3.81. The minimum absolute atomic E-state index is 0.0959. The molecule has 4 rings (SSSR count). The highest BCUT2D eigenvalue weighted by Gasteiger charge is 2.35. The van der Waals surface area contributed by atoms with Crippen molar-refractivity contribution in [2.24, 2.45) is 5.92 Å². The molecule has 1 fully saturated rings. The van der Waals surface area contributed by atoms with Crippen LogP contribution in [0.25, 0.3) is 10.9 Å². The van der Waals surface area contributed by atoms with Crippen LogP contribution in [0.15, 0.2) is 54.7 Å². The lowest BCUT2D eigenvalue weighted by atomic mass is 10.1. The average Bonchev–Trinajstić information content (AvgIpc) is 3.42. The first-order chi connectivity index (χ1) is 15.0. The van der Waals surface area contributed by atoms with E-state index in [4.69, 9.17) is 4.74 Å². The predicted octanol–water partition coefficient (Wildman–Crippen LogP) is 2.08. The lowest BCUT2D eigenvalue weighted by Gasteiger charge is -2.17. The van der Waals surface area contributed by atoms with Gasteiger partial charge in [-0.05, 0) is 35.7 Å². The molecule has 0 spiro atoms. The molecule has 0 bridgehead atoms. The van der Waals surface area contributed by atoms with Crippen LogP contribution in [-0.2, 0) is 9.59 Å². The number of carbonyl (C=O) groups is 3. The first-order valence-electron chi connectivity index (χ1n) is 10.1. The van der Waals surface area contributed by atoms with Crippen LogP contribution in [-0.4, -0.2) is 49.4 Å². The van der Waals surface area contributed by atoms with Crippen molar-refractivity contribution in [2.75, 3.05) is 31.6 Å². The number of H-pyrrole nitrogens is 1. The van der Waals surface area contributed by atoms with Crippen molar-refractivity contribution in [3.63, 3.8) is 0 Å². The molecule has 0 aliphatic carbocycles. The summed E-state index contributed by atoms with van der Waals surface area (Å²) < 4.78 is 5.20. The molecule has 8 nitrogen and oxygen atoms in total. The third-order valence-corrected chi connectivity index (χ3v) is 5.39. The van der Waals surface area contributed by atoms with Gasteiger partial charge in [0.05, 0.1) is 13.0 Å². The van der Waals surface area contributed by atoms with E-state index in [1.807, 2.05) is 30.5 Å². The number of nitrogens with one attached hydrogen (secondary N) is 3. The summed E-state index contributed by atoms with van der Waals surface area (Å²) in [6.07, 6.45) is 1.98. The van der Waals surface area contributed by atoms with Gasteiger partial charge in [-0.25, -0.2) is 0 Å². The number of amides is 3. The van der Waals surface area contributed by atoms with Crippen molar-refractivity contribution in [3.8, 4) is 5.75 Å². The van der Waals surface area contributed by atoms with E-state index in [9.17, 15) is 14.4 Å². The molecule has 160 valence electrons. The van der Waals surface area contributed by atoms with Crippen LogP contribution in [0.2, 0.25) is 0 Å². The van der Waals surface area contributed by atoms with Crippen LogP contribution in [0.5, 0.6) is 5.75 Å². The van der Waals surface area contributed by atoms with E-state index in [-0.39, 0.29) is 24.1 Å². The summed E-state index contributed by atoms with van der Waals surface area (Å²) in [6.45, 7) is 0.910. The van der Waals surface area contributed by atoms with Gasteiger partial charge >= 0.3 is 0 Å². The van der Waals surface area contributed by atoms with Gasteiger partial charge in [0.15, 0.2) is 0 Å². The molecule has 0 radical (unpaired) electrons. The molecule has 2 heterocycles. The van der Waals surface area contributed by atoms with E-state index in [0.717, 1.165) is 10.9 Å². The van der Waals surface area contributed by atoms with Crippen molar-refractivity contribution in [1.29, 1.82) is 0 Å². The van der Waals surface area contributed by atoms with Gasteiger partial charge in [-0.2, -0.15) is 0 Å². The van der Waals surface area contributed by atoms with Crippen LogP contribution in [0.1, 0.15) is 16.8 Å². The Morgan fingerprint density at radius 3 is 2.81 bits per heavy atom. The minimum Gasteiger partial charge on any atom is -0.497 e. The molecular weight excluding hydrogens is 396 g/mol. The second kappa shape index (κ2) is 8.91. The quantitative estimate of drug-likeness (QED) is 0.509. The van der Waals surface area contributed by atoms with Gasteiger partial charge < -0.3 is 25.3 Å². The summed E-state index contributed by atoms with van der Waals surface area (Å²) in [6, 6.07) is 14.6. The third-order valence-electron chi connectivity index (χ3n) is 5.39. The smallest absolute Gasteiger partial charge is 0.251 e. The van der Waals surface area contributed by atoms with Gasteiger partial charge in [0.1, 0.15) is 5.75 Å². The molecule has 3 N–H and O–H groups in total. The molecule has 8 heteroatoms. The number of fused-ring (bicyclic) bond motifs is 1. The molecule has 3 aromatic rings. The van der Waals surface area contributed by atoms with Crippen LogP contribution in [0.4, 0.5) is 5.69 Å². The second-order valence-corrected chi connectivity index (χ2v) is 7.43. The summed E-state index contributed by atoms with van der Waals surface area (Å²) in [5, 5.41) is 6.65. The number of rotatable bonds is 7. The Bertz CT molecular complexity index is 1120. The number of carbonyl (C=O) groups excluding carboxylic acids is 3. The number of nitrogens with zero attached hydrogens (tertiary/aromatic N) is 1. The number of aromatic amines is 1. The first kappa shape index (κ1) is 20.5. The summed E-state index contributed by atoms with van der Waals surface area (Å²) in [4.78, 5) is 41.9. The zero-order chi connectivity index (χ0) is 21.8. The van der Waals surface area contributed by atoms with E-state index < -0.39 is 5.92 Å². The molecule has 1 saturated heterocycles. The lowest BCUT2D eigenvalue weighted by molar-refractivity contribution is -0.126. The van der Waals surface area contributed by atoms with Crippen molar-refractivity contribution >= 4 is 34.3 Å². The highest BCUT2D eigenvalue weighted by atomic mass is 16.5. The SMILES string of the molecule is COc1cccc(N2C[C@H](C(=O)NCCNC(=O)c3ccc4cc[nH]c4c3)CC2=O)c1. The van der Waals surface area contributed by atoms with Gasteiger partial charge in [-0.15, -0.1) is 0 Å². The first-order valence-corrected chi connectivity index (χ1v) is 10.1. The van der Waals surface area contributed by atoms with Gasteiger partial charge in [-0.1, -0.05) is 12.1 Å². The Balaban J connectivity index is 1.25. The largest absolute Gasteiger partial charge is 0.497 e. The number of hydrogen-bond donors (Lipinski definition) is 3. The molecule has 0 unspecified atom stereocenters. The summed E-state index contributed by atoms with van der Waals surface area (Å²) >= 11 is 0. The number of hydrogen-bond acceptors (Lipinski definition) is 4. The summed E-state index contributed by atoms with van der Waals surface area (Å²) in [5.74, 6) is -0.262. The van der Waals surface area contributed by atoms with E-state index in [1.54, 1.807) is 36.3 Å². The molecule has 1 atom stereocenters. The third kappa shape index (κ3) is 4.53. The van der Waals surface area contributed by atoms with Crippen molar-refractivity contribution in [1.82, 2.24) is 15.6 Å². The molecular formula is C23H24N4O4. The topological polar surface area (TPSA) is 104 Å². The highest BCUT2D eigenvalue weighted by molar-refractivity contribution is 6.00. The van der Waals surface area contributed by atoms with E-state index >= 15 is 0 Å². The predicted molar refractivity (Wildman–Crippen MR) is 117 cm³/mol. The number of anilines is 1. The Kier molecular flexibility index (Phi) is 5.88. The van der Waals surface area contributed by atoms with Crippen molar-refractivity contribution in [2.45, 2.75) is 6.42 Å². The van der Waals surface area contributed by atoms with Crippen LogP contribution in [0, 0.1) is 5.92 Å². The van der Waals surface area contributed by atoms with Crippen LogP contribution < -0.4 is 20.3 Å². The van der Waals surface area contributed by atoms with Gasteiger partial charge in [0.2, 0.25) is 11.8 Å². The van der Waals surface area contributed by atoms with E-state index in [1.165, 1.54) is 0 Å². The maximum absolute atomic E-state index is 12.5. The van der Waals surface area contributed by atoms with Crippen LogP contribution in [0.3, 0.4) is 0 Å². The van der Waals surface area contributed by atoms with E-state index in [0.29, 0.717) is 36.6 Å². The zero-order valence-electron chi connectivity index (χ0n) is 17.2. The lowest BCUT2D eigenvalue weighted by Crippen LogP contribution is -2.38. The highest BCUT2D eigenvalue weighted by Crippen LogP contribution is 2.27. The number of methoxy groups -OCH3 is 1. The molecule has 1 aliphatic rings. The Morgan fingerprint density at radius 1 is 1.13 bits per heavy atom. The van der Waals surface area contributed by atoms with Gasteiger partial charge in [-0.3, -0.25) is 14.4 Å². The molecule has 31 heavy (non-hydrogen) atoms. The maximum Gasteiger partial charge on any atom is 0.251 e. The monoisotopic (exact) mass is 420 g/mol. The number of benzene rings is 2. The number of ether oxygens (including phenoxy) is 1. The molecule has 0 saturated carbocycles. The molecule has 1 aliphatic heterocycles. The number of aromatic nitrogens is 1. The van der Waals surface area contributed by atoms with Crippen molar-refractivity contribution < 1.29 is 19.1 Å². The fourth-order valence-electron chi connectivity index (χ4n) is 3.71. The Morgan fingerprint density at radius 2 is 1.97 bits per heavy atom. The maximum atomic E-state index is 12.5. The normalized spacial score (nSPS) is 15.8. The standard InChI is InChI=1S/C23H24N4O4/c1-31-19-4-2-3-18(13-19)27-14-17(12-21(27)28)23(30)26-10-9-25-22(29)16-6-5-15-7-8-24-20(15)11-16/h2-8,11,13,17,24H,9-10,12,14H2,1H3,(H,25,29)(H,26,30)/t17-/m1/s1.